The minimum atomic E-state index is -4.80. The van der Waals surface area contributed by atoms with E-state index in [1.165, 1.54) is 0 Å². The van der Waals surface area contributed by atoms with E-state index >= 15 is 0 Å². The van der Waals surface area contributed by atoms with Crippen molar-refractivity contribution >= 4 is 27.8 Å². The molecule has 2 aromatic rings. The number of alkyl halides is 3. The number of aldehydes is 1. The van der Waals surface area contributed by atoms with E-state index in [-0.39, 0.29) is 27.7 Å². The Morgan fingerprint density at radius 1 is 1.33 bits per heavy atom. The van der Waals surface area contributed by atoms with E-state index in [1.807, 2.05) is 0 Å². The summed E-state index contributed by atoms with van der Waals surface area (Å²) in [5.74, 6) is 0. The zero-order valence-electron chi connectivity index (χ0n) is 12.6. The fourth-order valence-electron chi connectivity index (χ4n) is 2.60. The number of halogens is 3. The second kappa shape index (κ2) is 5.85. The summed E-state index contributed by atoms with van der Waals surface area (Å²) in [7, 11) is 0. The van der Waals surface area contributed by atoms with Crippen molar-refractivity contribution in [3.8, 4) is 0 Å². The summed E-state index contributed by atoms with van der Waals surface area (Å²) in [6.07, 6.45) is -2.89. The van der Waals surface area contributed by atoms with E-state index in [9.17, 15) is 27.6 Å². The lowest BCUT2D eigenvalue weighted by Crippen LogP contribution is -2.40. The van der Waals surface area contributed by atoms with Crippen LogP contribution in [-0.2, 0) is 11.3 Å². The molecule has 3 rings (SSSR count). The number of carbonyl (C=O) groups excluding carboxylic acids is 1. The van der Waals surface area contributed by atoms with E-state index in [1.54, 1.807) is 6.92 Å². The van der Waals surface area contributed by atoms with Crippen molar-refractivity contribution in [2.45, 2.75) is 38.7 Å². The number of ether oxygens (including phenoxy) is 1. The number of rotatable bonds is 5. The minimum Gasteiger partial charge on any atom is -0.297 e. The molecule has 0 spiro atoms. The van der Waals surface area contributed by atoms with Crippen LogP contribution in [0.5, 0.6) is 0 Å². The monoisotopic (exact) mass is 362 g/mol. The molecule has 0 aromatic carbocycles. The van der Waals surface area contributed by atoms with Crippen LogP contribution in [-0.4, -0.2) is 28.4 Å². The van der Waals surface area contributed by atoms with Gasteiger partial charge in [-0.1, -0.05) is 0 Å². The summed E-state index contributed by atoms with van der Waals surface area (Å²) in [6.45, 7) is 0.469. The van der Waals surface area contributed by atoms with Gasteiger partial charge in [0.15, 0.2) is 6.29 Å². The Morgan fingerprint density at radius 2 is 2.00 bits per heavy atom. The summed E-state index contributed by atoms with van der Waals surface area (Å²) in [5.41, 5.74) is -0.721. The molecule has 10 heteroatoms. The van der Waals surface area contributed by atoms with E-state index in [0.717, 1.165) is 20.5 Å². The highest BCUT2D eigenvalue weighted by atomic mass is 32.1. The normalized spacial score (nSPS) is 15.2. The van der Waals surface area contributed by atoms with Crippen LogP contribution in [0.25, 0.3) is 10.2 Å². The summed E-state index contributed by atoms with van der Waals surface area (Å²) in [4.78, 5) is 36.8. The van der Waals surface area contributed by atoms with Gasteiger partial charge in [0.1, 0.15) is 4.83 Å². The minimum absolute atomic E-state index is 0.201. The van der Waals surface area contributed by atoms with Gasteiger partial charge in [0.05, 0.1) is 23.4 Å². The molecule has 0 unspecified atom stereocenters. The number of nitrogens with zero attached hydrogens (tertiary/aromatic N) is 2. The lowest BCUT2D eigenvalue weighted by Gasteiger charge is -2.12. The van der Waals surface area contributed by atoms with Crippen LogP contribution in [0, 0.1) is 6.92 Å². The summed E-state index contributed by atoms with van der Waals surface area (Å²) in [5, 5.41) is 0.209. The van der Waals surface area contributed by atoms with Crippen LogP contribution in [0.4, 0.5) is 13.2 Å². The summed E-state index contributed by atoms with van der Waals surface area (Å²) >= 11 is 0.922. The molecule has 24 heavy (non-hydrogen) atoms. The topological polar surface area (TPSA) is 70.3 Å². The van der Waals surface area contributed by atoms with E-state index in [2.05, 4.69) is 4.74 Å². The highest BCUT2D eigenvalue weighted by molar-refractivity contribution is 7.20. The van der Waals surface area contributed by atoms with Crippen LogP contribution >= 0.6 is 11.3 Å². The lowest BCUT2D eigenvalue weighted by molar-refractivity contribution is -0.325. The predicted molar refractivity (Wildman–Crippen MR) is 80.7 cm³/mol. The van der Waals surface area contributed by atoms with Gasteiger partial charge < -0.3 is 0 Å². The van der Waals surface area contributed by atoms with Crippen molar-refractivity contribution < 1.29 is 22.7 Å². The first-order valence-corrected chi connectivity index (χ1v) is 8.00. The smallest absolute Gasteiger partial charge is 0.297 e. The van der Waals surface area contributed by atoms with Crippen LogP contribution in [0.2, 0.25) is 0 Å². The molecule has 1 aliphatic rings. The molecule has 2 aromatic heterocycles. The molecule has 0 radical (unpaired) electrons. The van der Waals surface area contributed by atoms with Crippen LogP contribution < -0.4 is 11.2 Å². The first-order valence-electron chi connectivity index (χ1n) is 7.19. The number of hydrogen-bond acceptors (Lipinski definition) is 5. The predicted octanol–water partition coefficient (Wildman–Crippen LogP) is 2.22. The van der Waals surface area contributed by atoms with Crippen molar-refractivity contribution in [1.82, 2.24) is 9.13 Å². The number of thiophene rings is 1. The van der Waals surface area contributed by atoms with Gasteiger partial charge in [-0.3, -0.25) is 23.5 Å². The van der Waals surface area contributed by atoms with Crippen LogP contribution in [0.3, 0.4) is 0 Å². The standard InChI is InChI=1S/C14H13F3N2O4S/c1-7-9(6-20)24-12-10(7)11(21)19(8-2-3-8)13(22)18(12)4-5-23-14(15,16)17/h6,8H,2-5H2,1H3. The third-order valence-electron chi connectivity index (χ3n) is 3.88. The highest BCUT2D eigenvalue weighted by Gasteiger charge is 2.31. The third-order valence-corrected chi connectivity index (χ3v) is 5.12. The van der Waals surface area contributed by atoms with Crippen LogP contribution in [0.15, 0.2) is 9.59 Å². The molecule has 2 heterocycles. The van der Waals surface area contributed by atoms with Gasteiger partial charge in [-0.15, -0.1) is 24.5 Å². The zero-order chi connectivity index (χ0) is 17.6. The van der Waals surface area contributed by atoms with E-state index < -0.39 is 24.2 Å². The average molecular weight is 362 g/mol. The maximum absolute atomic E-state index is 12.6. The molecule has 0 N–H and O–H groups in total. The fraction of sp³-hybridized carbons (Fsp3) is 0.500. The molecular weight excluding hydrogens is 349 g/mol. The molecule has 0 amide bonds. The number of fused-ring (bicyclic) bond motifs is 1. The van der Waals surface area contributed by atoms with Crippen LogP contribution in [0.1, 0.15) is 34.1 Å². The Morgan fingerprint density at radius 3 is 2.54 bits per heavy atom. The number of hydrogen-bond donors (Lipinski definition) is 0. The molecule has 0 aliphatic heterocycles. The molecule has 0 saturated heterocycles. The number of carbonyl (C=O) groups is 1. The Balaban J connectivity index is 2.17. The first kappa shape index (κ1) is 16.9. The van der Waals surface area contributed by atoms with Gasteiger partial charge in [0.25, 0.3) is 5.56 Å². The molecule has 0 atom stereocenters. The molecule has 1 fully saturated rings. The lowest BCUT2D eigenvalue weighted by atomic mass is 10.2. The molecular formula is C14H13F3N2O4S. The molecule has 6 nitrogen and oxygen atoms in total. The first-order chi connectivity index (χ1) is 11.2. The van der Waals surface area contributed by atoms with Gasteiger partial charge in [0.2, 0.25) is 0 Å². The van der Waals surface area contributed by atoms with Crippen molar-refractivity contribution in [3.63, 3.8) is 0 Å². The Hall–Kier alpha value is -1.94. The molecule has 130 valence electrons. The van der Waals surface area contributed by atoms with Crippen molar-refractivity contribution in [3.05, 3.63) is 31.3 Å². The summed E-state index contributed by atoms with van der Waals surface area (Å²) in [6, 6.07) is -0.233. The average Bonchev–Trinajstić information content (AvgIpc) is 3.25. The van der Waals surface area contributed by atoms with Crippen molar-refractivity contribution in [2.75, 3.05) is 6.61 Å². The highest BCUT2D eigenvalue weighted by Crippen LogP contribution is 2.34. The second-order valence-corrected chi connectivity index (χ2v) is 6.55. The Labute approximate surface area is 137 Å². The Bertz CT molecular complexity index is 921. The number of aryl methyl sites for hydroxylation is 1. The molecule has 1 saturated carbocycles. The van der Waals surface area contributed by atoms with Gasteiger partial charge >= 0.3 is 12.1 Å². The SMILES string of the molecule is Cc1c(C=O)sc2c1c(=O)n(C1CC1)c(=O)n2CCOC(F)(F)F. The second-order valence-electron chi connectivity index (χ2n) is 5.52. The molecule has 1 aliphatic carbocycles. The fourth-order valence-corrected chi connectivity index (χ4v) is 3.73. The quantitative estimate of drug-likeness (QED) is 0.765. The van der Waals surface area contributed by atoms with Crippen molar-refractivity contribution in [2.24, 2.45) is 0 Å². The largest absolute Gasteiger partial charge is 0.522 e. The maximum Gasteiger partial charge on any atom is 0.522 e. The zero-order valence-corrected chi connectivity index (χ0v) is 13.4. The molecule has 0 bridgehead atoms. The van der Waals surface area contributed by atoms with E-state index in [4.69, 9.17) is 0 Å². The van der Waals surface area contributed by atoms with Gasteiger partial charge in [0, 0.05) is 6.04 Å². The summed E-state index contributed by atoms with van der Waals surface area (Å²) < 4.78 is 42.4. The number of aromatic nitrogens is 2. The van der Waals surface area contributed by atoms with E-state index in [0.29, 0.717) is 24.7 Å². The Kier molecular flexibility index (Phi) is 4.12. The van der Waals surface area contributed by atoms with Gasteiger partial charge in [-0.25, -0.2) is 4.79 Å². The van der Waals surface area contributed by atoms with Gasteiger partial charge in [-0.05, 0) is 25.3 Å². The third kappa shape index (κ3) is 2.91. The van der Waals surface area contributed by atoms with Gasteiger partial charge in [-0.2, -0.15) is 0 Å². The van der Waals surface area contributed by atoms with Crippen molar-refractivity contribution in [1.29, 1.82) is 0 Å². The maximum atomic E-state index is 12.6.